The molecule has 0 amide bonds. The quantitative estimate of drug-likeness (QED) is 0.176. The van der Waals surface area contributed by atoms with Gasteiger partial charge < -0.3 is 4.90 Å². The molecule has 0 heterocycles. The van der Waals surface area contributed by atoms with Crippen LogP contribution < -0.4 is 4.90 Å². The standard InChI is InChI=1S/C48H37N/c1-47(2)43-20-12-10-17-37(43)41-27-31(23-26-44(41)47)49(32-22-25-38-36-16-9-11-19-42(36)48(3,4)45(38)28-32)46-29-40-33-14-6-5-13-30(33)21-24-35(40)34-15-7-8-18-39(34)46/h5-29H,1-4H3. The van der Waals surface area contributed by atoms with Gasteiger partial charge in [-0.15, -0.1) is 0 Å². The third kappa shape index (κ3) is 3.88. The van der Waals surface area contributed by atoms with E-state index in [1.165, 1.54) is 93.9 Å². The first-order valence-electron chi connectivity index (χ1n) is 17.4. The van der Waals surface area contributed by atoms with Gasteiger partial charge in [-0.05, 0) is 102 Å². The van der Waals surface area contributed by atoms with Gasteiger partial charge in [-0.25, -0.2) is 0 Å². The molecule has 1 heteroatoms. The van der Waals surface area contributed by atoms with Crippen LogP contribution in [0.4, 0.5) is 17.1 Å². The fourth-order valence-electron chi connectivity index (χ4n) is 9.13. The Morgan fingerprint density at radius 3 is 1.65 bits per heavy atom. The lowest BCUT2D eigenvalue weighted by Crippen LogP contribution is -2.17. The molecule has 1 nitrogen and oxygen atoms in total. The molecule has 0 radical (unpaired) electrons. The molecule has 0 N–H and O–H groups in total. The predicted octanol–water partition coefficient (Wildman–Crippen LogP) is 13.2. The summed E-state index contributed by atoms with van der Waals surface area (Å²) in [6.07, 6.45) is 0. The van der Waals surface area contributed by atoms with Gasteiger partial charge in [-0.1, -0.05) is 149 Å². The number of benzene rings is 8. The summed E-state index contributed by atoms with van der Waals surface area (Å²) in [5.41, 5.74) is 14.3. The smallest absolute Gasteiger partial charge is 0.0546 e. The van der Waals surface area contributed by atoms with Crippen molar-refractivity contribution in [2.75, 3.05) is 4.90 Å². The summed E-state index contributed by atoms with van der Waals surface area (Å²) in [5.74, 6) is 0. The molecule has 2 aliphatic rings. The van der Waals surface area contributed by atoms with E-state index in [1.807, 2.05) is 0 Å². The van der Waals surface area contributed by atoms with Crippen LogP contribution in [0.25, 0.3) is 54.6 Å². The van der Waals surface area contributed by atoms with Crippen LogP contribution in [0.2, 0.25) is 0 Å². The van der Waals surface area contributed by atoms with Gasteiger partial charge in [0.15, 0.2) is 0 Å². The molecule has 0 aliphatic heterocycles. The van der Waals surface area contributed by atoms with E-state index in [0.29, 0.717) is 0 Å². The minimum absolute atomic E-state index is 0.0484. The molecule has 10 rings (SSSR count). The fraction of sp³-hybridized carbons (Fsp3) is 0.125. The highest BCUT2D eigenvalue weighted by molar-refractivity contribution is 6.21. The Bertz CT molecular complexity index is 2670. The summed E-state index contributed by atoms with van der Waals surface area (Å²) in [6.45, 7) is 9.46. The predicted molar refractivity (Wildman–Crippen MR) is 209 cm³/mol. The van der Waals surface area contributed by atoms with Gasteiger partial charge in [0.25, 0.3) is 0 Å². The van der Waals surface area contributed by atoms with Crippen molar-refractivity contribution in [1.29, 1.82) is 0 Å². The number of nitrogens with zero attached hydrogens (tertiary/aromatic N) is 1. The molecule has 8 aromatic carbocycles. The molecule has 0 fully saturated rings. The zero-order valence-corrected chi connectivity index (χ0v) is 28.4. The van der Waals surface area contributed by atoms with Crippen molar-refractivity contribution >= 4 is 49.4 Å². The van der Waals surface area contributed by atoms with Crippen molar-refractivity contribution in [3.8, 4) is 22.3 Å². The van der Waals surface area contributed by atoms with Crippen LogP contribution in [0, 0.1) is 0 Å². The third-order valence-electron chi connectivity index (χ3n) is 11.6. The summed E-state index contributed by atoms with van der Waals surface area (Å²) in [4.78, 5) is 2.52. The van der Waals surface area contributed by atoms with Crippen molar-refractivity contribution in [1.82, 2.24) is 0 Å². The van der Waals surface area contributed by atoms with Crippen LogP contribution in [-0.2, 0) is 10.8 Å². The number of fused-ring (bicyclic) bond motifs is 11. The average Bonchev–Trinajstić information content (AvgIpc) is 3.51. The zero-order chi connectivity index (χ0) is 33.1. The Balaban J connectivity index is 1.29. The first kappa shape index (κ1) is 28.4. The number of rotatable bonds is 3. The van der Waals surface area contributed by atoms with Gasteiger partial charge >= 0.3 is 0 Å². The van der Waals surface area contributed by atoms with Gasteiger partial charge in [-0.2, -0.15) is 0 Å². The van der Waals surface area contributed by atoms with Gasteiger partial charge in [-0.3, -0.25) is 0 Å². The van der Waals surface area contributed by atoms with Crippen LogP contribution in [0.1, 0.15) is 49.9 Å². The van der Waals surface area contributed by atoms with E-state index in [4.69, 9.17) is 0 Å². The van der Waals surface area contributed by atoms with Gasteiger partial charge in [0.1, 0.15) is 0 Å². The van der Waals surface area contributed by atoms with E-state index in [0.717, 1.165) is 0 Å². The lowest BCUT2D eigenvalue weighted by atomic mass is 9.82. The van der Waals surface area contributed by atoms with Crippen LogP contribution in [0.3, 0.4) is 0 Å². The van der Waals surface area contributed by atoms with Gasteiger partial charge in [0.05, 0.1) is 5.69 Å². The molecule has 49 heavy (non-hydrogen) atoms. The minimum atomic E-state index is -0.101. The van der Waals surface area contributed by atoms with E-state index < -0.39 is 0 Å². The zero-order valence-electron chi connectivity index (χ0n) is 28.4. The Kier molecular flexibility index (Phi) is 5.75. The minimum Gasteiger partial charge on any atom is -0.310 e. The number of hydrogen-bond donors (Lipinski definition) is 0. The summed E-state index contributed by atoms with van der Waals surface area (Å²) < 4.78 is 0. The molecular formula is C48H37N. The van der Waals surface area contributed by atoms with Crippen molar-refractivity contribution in [2.24, 2.45) is 0 Å². The second-order valence-corrected chi connectivity index (χ2v) is 15.0. The molecule has 0 unspecified atom stereocenters. The molecule has 234 valence electrons. The van der Waals surface area contributed by atoms with E-state index in [9.17, 15) is 0 Å². The van der Waals surface area contributed by atoms with Crippen molar-refractivity contribution in [2.45, 2.75) is 38.5 Å². The summed E-state index contributed by atoms with van der Waals surface area (Å²) in [6, 6.07) is 56.9. The molecule has 2 aliphatic carbocycles. The first-order valence-corrected chi connectivity index (χ1v) is 17.4. The first-order chi connectivity index (χ1) is 23.8. The molecule has 0 aromatic heterocycles. The molecule has 0 atom stereocenters. The van der Waals surface area contributed by atoms with Crippen LogP contribution >= 0.6 is 0 Å². The van der Waals surface area contributed by atoms with Gasteiger partial charge in [0, 0.05) is 27.6 Å². The van der Waals surface area contributed by atoms with Crippen LogP contribution in [0.5, 0.6) is 0 Å². The SMILES string of the molecule is CC1(C)c2ccccc2-c2cc(N(c3ccc4c(c3)C(C)(C)c3ccccc3-4)c3cc4c5ccccc5ccc4c4ccccc34)ccc21. The lowest BCUT2D eigenvalue weighted by Gasteiger charge is -2.30. The Morgan fingerprint density at radius 1 is 0.347 bits per heavy atom. The molecule has 8 aromatic rings. The molecule has 0 bridgehead atoms. The average molecular weight is 628 g/mol. The highest BCUT2D eigenvalue weighted by Gasteiger charge is 2.37. The van der Waals surface area contributed by atoms with Crippen LogP contribution in [0.15, 0.2) is 152 Å². The summed E-state index contributed by atoms with van der Waals surface area (Å²) in [7, 11) is 0. The Labute approximate surface area is 288 Å². The summed E-state index contributed by atoms with van der Waals surface area (Å²) in [5, 5.41) is 7.62. The lowest BCUT2D eigenvalue weighted by molar-refractivity contribution is 0.660. The number of hydrogen-bond acceptors (Lipinski definition) is 1. The highest BCUT2D eigenvalue weighted by Crippen LogP contribution is 2.54. The molecule has 0 saturated carbocycles. The largest absolute Gasteiger partial charge is 0.310 e. The maximum atomic E-state index is 2.52. The van der Waals surface area contributed by atoms with Crippen molar-refractivity contribution in [3.05, 3.63) is 174 Å². The van der Waals surface area contributed by atoms with Crippen molar-refractivity contribution < 1.29 is 0 Å². The monoisotopic (exact) mass is 627 g/mol. The maximum absolute atomic E-state index is 2.52. The van der Waals surface area contributed by atoms with Crippen molar-refractivity contribution in [3.63, 3.8) is 0 Å². The van der Waals surface area contributed by atoms with E-state index in [2.05, 4.69) is 184 Å². The highest BCUT2D eigenvalue weighted by atomic mass is 15.1. The van der Waals surface area contributed by atoms with E-state index in [1.54, 1.807) is 0 Å². The third-order valence-corrected chi connectivity index (χ3v) is 11.6. The second kappa shape index (κ2) is 9.94. The Morgan fingerprint density at radius 2 is 0.878 bits per heavy atom. The van der Waals surface area contributed by atoms with Crippen LogP contribution in [-0.4, -0.2) is 0 Å². The molecule has 0 saturated heterocycles. The number of anilines is 3. The Hall–Kier alpha value is -5.66. The van der Waals surface area contributed by atoms with Gasteiger partial charge in [0.2, 0.25) is 0 Å². The summed E-state index contributed by atoms with van der Waals surface area (Å²) >= 11 is 0. The van der Waals surface area contributed by atoms with E-state index in [-0.39, 0.29) is 10.8 Å². The topological polar surface area (TPSA) is 3.24 Å². The molecule has 0 spiro atoms. The fourth-order valence-corrected chi connectivity index (χ4v) is 9.13. The van der Waals surface area contributed by atoms with E-state index >= 15 is 0 Å². The second-order valence-electron chi connectivity index (χ2n) is 15.0. The molecular weight excluding hydrogens is 591 g/mol. The maximum Gasteiger partial charge on any atom is 0.0546 e. The normalized spacial score (nSPS) is 14.9.